The van der Waals surface area contributed by atoms with Crippen LogP contribution in [-0.4, -0.2) is 93.6 Å². The van der Waals surface area contributed by atoms with E-state index in [-0.39, 0.29) is 37.4 Å². The molecule has 48 heavy (non-hydrogen) atoms. The van der Waals surface area contributed by atoms with Gasteiger partial charge < -0.3 is 28.9 Å². The second kappa shape index (κ2) is 13.9. The molecule has 7 rings (SSSR count). The molecule has 0 saturated carbocycles. The molecule has 4 aliphatic heterocycles. The van der Waals surface area contributed by atoms with E-state index < -0.39 is 44.8 Å². The van der Waals surface area contributed by atoms with Crippen LogP contribution in [-0.2, 0) is 15.1 Å². The molecule has 3 saturated heterocycles. The Bertz CT molecular complexity index is 1660. The lowest BCUT2D eigenvalue weighted by Gasteiger charge is -2.37. The van der Waals surface area contributed by atoms with Crippen LogP contribution < -0.4 is 19.4 Å². The molecule has 0 aromatic heterocycles. The van der Waals surface area contributed by atoms with Crippen molar-refractivity contribution in [1.82, 2.24) is 9.91 Å². The van der Waals surface area contributed by atoms with Crippen molar-refractivity contribution >= 4 is 50.7 Å². The van der Waals surface area contributed by atoms with Gasteiger partial charge in [-0.1, -0.05) is 6.07 Å². The lowest BCUT2D eigenvalue weighted by atomic mass is 9.93. The third kappa shape index (κ3) is 6.83. The van der Waals surface area contributed by atoms with Gasteiger partial charge in [0.1, 0.15) is 35.9 Å². The summed E-state index contributed by atoms with van der Waals surface area (Å²) in [6, 6.07) is 20.0. The number of hydrogen-bond acceptors (Lipinski definition) is 9. The summed E-state index contributed by atoms with van der Waals surface area (Å²) >= 11 is -0.676. The van der Waals surface area contributed by atoms with E-state index >= 15 is 0 Å². The molecule has 0 unspecified atom stereocenters. The predicted octanol–water partition coefficient (Wildman–Crippen LogP) is 5.92. The van der Waals surface area contributed by atoms with Crippen LogP contribution in [0.2, 0.25) is 0 Å². The number of anilines is 3. The molecule has 2 amide bonds. The number of nitrogens with zero attached hydrogens (tertiary/aromatic N) is 7. The summed E-state index contributed by atoms with van der Waals surface area (Å²) in [5, 5.41) is 1.63. The minimum absolute atomic E-state index is 0.0615. The molecule has 0 spiro atoms. The van der Waals surface area contributed by atoms with Crippen LogP contribution in [0.25, 0.3) is 0 Å². The number of rotatable bonds is 10. The number of amides is 2. The summed E-state index contributed by atoms with van der Waals surface area (Å²) in [5.41, 5.74) is 2.22. The van der Waals surface area contributed by atoms with E-state index in [1.54, 1.807) is 11.3 Å². The van der Waals surface area contributed by atoms with E-state index in [1.807, 2.05) is 60.0 Å². The zero-order valence-corrected chi connectivity index (χ0v) is 29.0. The van der Waals surface area contributed by atoms with Crippen molar-refractivity contribution < 1.29 is 27.8 Å². The maximum Gasteiger partial charge on any atom is 0.324 e. The highest BCUT2D eigenvalue weighted by Crippen LogP contribution is 2.38. The molecular weight excluding hydrogens is 735 g/mol. The molecule has 14 heteroatoms. The third-order valence-electron chi connectivity index (χ3n) is 9.11. The molecule has 254 valence electrons. The van der Waals surface area contributed by atoms with Gasteiger partial charge >= 0.3 is 6.03 Å². The molecule has 11 nitrogen and oxygen atoms in total. The zero-order chi connectivity index (χ0) is 33.3. The van der Waals surface area contributed by atoms with Crippen molar-refractivity contribution in [3.63, 3.8) is 0 Å². The lowest BCUT2D eigenvalue weighted by molar-refractivity contribution is -0.115. The summed E-state index contributed by atoms with van der Waals surface area (Å²) in [6.45, 7) is 9.43. The minimum atomic E-state index is -1.19. The first kappa shape index (κ1) is 32.6. The quantitative estimate of drug-likeness (QED) is 0.237. The molecule has 3 aromatic carbocycles. The molecule has 3 aromatic rings. The molecule has 4 aliphatic rings. The highest BCUT2D eigenvalue weighted by atomic mass is 127. The molecule has 2 atom stereocenters. The van der Waals surface area contributed by atoms with Crippen LogP contribution in [0.3, 0.4) is 0 Å². The SMILES string of the molecule is CC(C)N1CCN(c2ccc(N3CCN(c4ccc(OC[C@H]5OC[C@](CN6C=NI=N6)(c6ccc(F)cc6F)O5)cc4)CC3)cc2)C1=O. The van der Waals surface area contributed by atoms with Gasteiger partial charge in [-0.05, 0) is 68.4 Å². The average Bonchev–Trinajstić information content (AvgIpc) is 3.85. The van der Waals surface area contributed by atoms with Crippen LogP contribution in [0.15, 0.2) is 73.2 Å². The second-order valence-electron chi connectivity index (χ2n) is 12.5. The second-order valence-corrected chi connectivity index (χ2v) is 13.9. The molecule has 3 fully saturated rings. The molecule has 0 radical (unpaired) electrons. The Labute approximate surface area is 289 Å². The number of carbonyl (C=O) groups is 1. The van der Waals surface area contributed by atoms with Crippen LogP contribution in [0.4, 0.5) is 30.6 Å². The van der Waals surface area contributed by atoms with Crippen molar-refractivity contribution in [1.29, 1.82) is 0 Å². The van der Waals surface area contributed by atoms with Gasteiger partial charge in [-0.2, -0.15) is 3.21 Å². The largest absolute Gasteiger partial charge is 0.488 e. The number of urea groups is 1. The number of hydrogen-bond donors (Lipinski definition) is 0. The Morgan fingerprint density at radius 2 is 1.58 bits per heavy atom. The van der Waals surface area contributed by atoms with Gasteiger partial charge in [-0.3, -0.25) is 4.90 Å². The van der Waals surface area contributed by atoms with Crippen LogP contribution in [0, 0.1) is 11.6 Å². The van der Waals surface area contributed by atoms with E-state index in [0.717, 1.165) is 55.9 Å². The molecule has 0 bridgehead atoms. The Morgan fingerprint density at radius 1 is 0.917 bits per heavy atom. The maximum atomic E-state index is 14.9. The first-order chi connectivity index (χ1) is 23.3. The summed E-state index contributed by atoms with van der Waals surface area (Å²) < 4.78 is 55.3. The maximum absolute atomic E-state index is 14.9. The van der Waals surface area contributed by atoms with E-state index in [1.165, 1.54) is 12.1 Å². The zero-order valence-electron chi connectivity index (χ0n) is 26.8. The summed E-state index contributed by atoms with van der Waals surface area (Å²) in [6.07, 6.45) is 0.859. The van der Waals surface area contributed by atoms with Gasteiger partial charge in [0.05, 0.1) is 13.2 Å². The number of benzene rings is 3. The smallest absolute Gasteiger partial charge is 0.324 e. The third-order valence-corrected chi connectivity index (χ3v) is 10.4. The summed E-state index contributed by atoms with van der Waals surface area (Å²) in [4.78, 5) is 21.2. The van der Waals surface area contributed by atoms with Gasteiger partial charge in [0.15, 0.2) is 27.6 Å². The molecule has 0 aliphatic carbocycles. The van der Waals surface area contributed by atoms with Crippen molar-refractivity contribution in [2.24, 2.45) is 6.46 Å². The number of carbonyl (C=O) groups excluding carboxylic acids is 1. The first-order valence-corrected chi connectivity index (χ1v) is 18.0. The van der Waals surface area contributed by atoms with Crippen molar-refractivity contribution in [2.45, 2.75) is 31.8 Å². The first-order valence-electron chi connectivity index (χ1n) is 16.1. The van der Waals surface area contributed by atoms with Gasteiger partial charge in [0.25, 0.3) is 0 Å². The highest BCUT2D eigenvalue weighted by Gasteiger charge is 2.46. The Hall–Kier alpha value is -3.89. The fourth-order valence-electron chi connectivity index (χ4n) is 6.54. The topological polar surface area (TPSA) is 85.7 Å². The molecular formula is C34H38F2IN7O4. The van der Waals surface area contributed by atoms with Crippen LogP contribution in [0.5, 0.6) is 5.75 Å². The number of ether oxygens (including phenoxy) is 3. The monoisotopic (exact) mass is 773 g/mol. The van der Waals surface area contributed by atoms with Crippen molar-refractivity contribution in [3.8, 4) is 5.75 Å². The molecule has 4 heterocycles. The average molecular weight is 774 g/mol. The van der Waals surface area contributed by atoms with Crippen LogP contribution in [0.1, 0.15) is 19.4 Å². The normalized spacial score (nSPS) is 22.7. The van der Waals surface area contributed by atoms with E-state index in [9.17, 15) is 13.6 Å². The predicted molar refractivity (Wildman–Crippen MR) is 188 cm³/mol. The van der Waals surface area contributed by atoms with Crippen molar-refractivity contribution in [2.75, 3.05) is 73.7 Å². The van der Waals surface area contributed by atoms with Gasteiger partial charge in [-0.25, -0.2) is 18.6 Å². The van der Waals surface area contributed by atoms with Gasteiger partial charge in [0, 0.05) is 74.0 Å². The standard InChI is InChI=1S/C34H38F2IN7O4/c1-24(2)43-17-18-44(33(43)45)28-6-4-26(5-7-28)40-13-15-41(16-14-40)27-8-10-29(11-9-27)46-20-32-47-22-34(48-32,21-42-23-38-37-39-42)30-12-3-25(35)19-31(30)36/h3-12,19,23-24,32H,13-18,20-22H2,1-2H3/t32-,34+/m0/s1. The van der Waals surface area contributed by atoms with Crippen molar-refractivity contribution in [3.05, 3.63) is 83.9 Å². The Kier molecular flexibility index (Phi) is 9.47. The molecule has 0 N–H and O–H groups in total. The lowest BCUT2D eigenvalue weighted by Crippen LogP contribution is -2.46. The van der Waals surface area contributed by atoms with E-state index in [0.29, 0.717) is 12.3 Å². The summed E-state index contributed by atoms with van der Waals surface area (Å²) in [7, 11) is 0. The fraction of sp³-hybridized carbons (Fsp3) is 0.412. The Balaban J connectivity index is 0.911. The fourth-order valence-corrected chi connectivity index (χ4v) is 7.56. The van der Waals surface area contributed by atoms with Crippen LogP contribution >= 0.6 is 21.3 Å². The Morgan fingerprint density at radius 3 is 2.19 bits per heavy atom. The minimum Gasteiger partial charge on any atom is -0.488 e. The van der Waals surface area contributed by atoms with E-state index in [4.69, 9.17) is 14.2 Å². The number of halogens is 3. The highest BCUT2D eigenvalue weighted by molar-refractivity contribution is 14.1. The van der Waals surface area contributed by atoms with E-state index in [2.05, 4.69) is 28.4 Å². The number of piperazine rings is 1. The van der Waals surface area contributed by atoms with Gasteiger partial charge in [0.2, 0.25) is 0 Å². The van der Waals surface area contributed by atoms with Gasteiger partial charge in [-0.15, -0.1) is 3.25 Å². The summed E-state index contributed by atoms with van der Waals surface area (Å²) in [5.74, 6) is -0.696.